The van der Waals surface area contributed by atoms with Crippen LogP contribution in [0.3, 0.4) is 0 Å². The molecule has 6 heteroatoms. The summed E-state index contributed by atoms with van der Waals surface area (Å²) in [6.45, 7) is 3.87. The van der Waals surface area contributed by atoms with Gasteiger partial charge in [-0.1, -0.05) is 29.8 Å². The number of carboxylic acid groups (broad SMARTS) is 1. The van der Waals surface area contributed by atoms with Gasteiger partial charge in [-0.15, -0.1) is 0 Å². The fraction of sp³-hybridized carbons (Fsp3) is 0.467. The number of amides is 2. The lowest BCUT2D eigenvalue weighted by atomic mass is 10.1. The number of aliphatic hydroxyl groups is 1. The zero-order chi connectivity index (χ0) is 15.6. The predicted octanol–water partition coefficient (Wildman–Crippen LogP) is 1.29. The SMILES string of the molecule is Cc1ccc(C(C)NC(=O)N2C[C@H](O)C[C@H]2C(=O)O)cc1. The van der Waals surface area contributed by atoms with Crippen LogP contribution in [0, 0.1) is 6.92 Å². The number of likely N-dealkylation sites (tertiary alicyclic amines) is 1. The van der Waals surface area contributed by atoms with Gasteiger partial charge in [0.2, 0.25) is 0 Å². The fourth-order valence-electron chi connectivity index (χ4n) is 2.48. The molecule has 2 amide bonds. The van der Waals surface area contributed by atoms with E-state index in [4.69, 9.17) is 5.11 Å². The Bertz CT molecular complexity index is 529. The number of aryl methyl sites for hydroxylation is 1. The minimum absolute atomic E-state index is 0.0451. The first-order valence-electron chi connectivity index (χ1n) is 6.93. The maximum atomic E-state index is 12.2. The summed E-state index contributed by atoms with van der Waals surface area (Å²) in [5.74, 6) is -1.09. The summed E-state index contributed by atoms with van der Waals surface area (Å²) in [5.41, 5.74) is 2.08. The van der Waals surface area contributed by atoms with Crippen LogP contribution in [0.5, 0.6) is 0 Å². The maximum Gasteiger partial charge on any atom is 0.326 e. The highest BCUT2D eigenvalue weighted by Crippen LogP contribution is 2.20. The molecule has 3 atom stereocenters. The van der Waals surface area contributed by atoms with Crippen molar-refractivity contribution in [1.29, 1.82) is 0 Å². The van der Waals surface area contributed by atoms with Crippen molar-refractivity contribution < 1.29 is 19.8 Å². The molecule has 0 radical (unpaired) electrons. The van der Waals surface area contributed by atoms with Gasteiger partial charge < -0.3 is 20.4 Å². The minimum Gasteiger partial charge on any atom is -0.480 e. The molecule has 0 bridgehead atoms. The second-order valence-corrected chi connectivity index (χ2v) is 5.48. The highest BCUT2D eigenvalue weighted by Gasteiger charge is 2.39. The summed E-state index contributed by atoms with van der Waals surface area (Å²) in [7, 11) is 0. The molecule has 21 heavy (non-hydrogen) atoms. The fourth-order valence-corrected chi connectivity index (χ4v) is 2.48. The van der Waals surface area contributed by atoms with E-state index in [0.29, 0.717) is 0 Å². The molecule has 0 saturated carbocycles. The average molecular weight is 292 g/mol. The molecule has 1 fully saturated rings. The summed E-state index contributed by atoms with van der Waals surface area (Å²) in [5, 5.41) is 21.4. The molecule has 2 rings (SSSR count). The van der Waals surface area contributed by atoms with Gasteiger partial charge in [-0.3, -0.25) is 0 Å². The molecular formula is C15H20N2O4. The number of hydrogen-bond donors (Lipinski definition) is 3. The quantitative estimate of drug-likeness (QED) is 0.783. The van der Waals surface area contributed by atoms with Gasteiger partial charge in [-0.05, 0) is 19.4 Å². The molecular weight excluding hydrogens is 272 g/mol. The Balaban J connectivity index is 2.03. The smallest absolute Gasteiger partial charge is 0.326 e. The molecule has 1 aliphatic heterocycles. The van der Waals surface area contributed by atoms with E-state index in [0.717, 1.165) is 11.1 Å². The number of nitrogens with one attached hydrogen (secondary N) is 1. The van der Waals surface area contributed by atoms with Crippen LogP contribution >= 0.6 is 0 Å². The van der Waals surface area contributed by atoms with Crippen LogP contribution in [0.2, 0.25) is 0 Å². The van der Waals surface area contributed by atoms with Crippen molar-refractivity contribution in [2.45, 2.75) is 38.5 Å². The van der Waals surface area contributed by atoms with E-state index < -0.39 is 24.1 Å². The molecule has 1 saturated heterocycles. The first-order valence-corrected chi connectivity index (χ1v) is 6.93. The van der Waals surface area contributed by atoms with Crippen molar-refractivity contribution in [2.75, 3.05) is 6.54 Å². The number of urea groups is 1. The van der Waals surface area contributed by atoms with E-state index >= 15 is 0 Å². The number of aliphatic carboxylic acids is 1. The van der Waals surface area contributed by atoms with Gasteiger partial charge in [0.1, 0.15) is 6.04 Å². The van der Waals surface area contributed by atoms with Gasteiger partial charge in [0.25, 0.3) is 0 Å². The van der Waals surface area contributed by atoms with Gasteiger partial charge in [0.15, 0.2) is 0 Å². The third kappa shape index (κ3) is 3.52. The third-order valence-electron chi connectivity index (χ3n) is 3.74. The average Bonchev–Trinajstić information content (AvgIpc) is 2.82. The van der Waals surface area contributed by atoms with E-state index in [-0.39, 0.29) is 19.0 Å². The summed E-state index contributed by atoms with van der Waals surface area (Å²) in [4.78, 5) is 24.5. The number of carboxylic acids is 1. The molecule has 0 aromatic heterocycles. The van der Waals surface area contributed by atoms with Crippen LogP contribution in [0.15, 0.2) is 24.3 Å². The second kappa shape index (κ2) is 6.13. The number of nitrogens with zero attached hydrogens (tertiary/aromatic N) is 1. The van der Waals surface area contributed by atoms with Crippen LogP contribution in [-0.4, -0.2) is 45.8 Å². The van der Waals surface area contributed by atoms with Gasteiger partial charge in [-0.2, -0.15) is 0 Å². The first kappa shape index (κ1) is 15.3. The molecule has 1 unspecified atom stereocenters. The van der Waals surface area contributed by atoms with Crippen molar-refractivity contribution in [3.05, 3.63) is 35.4 Å². The number of β-amino-alcohol motifs (C(OH)–C–C–N with tert-alkyl or cyclic N) is 1. The van der Waals surface area contributed by atoms with Crippen LogP contribution in [-0.2, 0) is 4.79 Å². The molecule has 1 aliphatic rings. The monoisotopic (exact) mass is 292 g/mol. The highest BCUT2D eigenvalue weighted by atomic mass is 16.4. The van der Waals surface area contributed by atoms with Crippen molar-refractivity contribution in [3.8, 4) is 0 Å². The lowest BCUT2D eigenvalue weighted by molar-refractivity contribution is -0.141. The Morgan fingerprint density at radius 3 is 2.52 bits per heavy atom. The largest absolute Gasteiger partial charge is 0.480 e. The predicted molar refractivity (Wildman–Crippen MR) is 76.9 cm³/mol. The number of rotatable bonds is 3. The molecule has 1 heterocycles. The standard InChI is InChI=1S/C15H20N2O4/c1-9-3-5-11(6-4-9)10(2)16-15(21)17-8-12(18)7-13(17)14(19)20/h3-6,10,12-13,18H,7-8H2,1-2H3,(H,16,21)(H,19,20)/t10?,12-,13+/m1/s1. The maximum absolute atomic E-state index is 12.2. The van der Waals surface area contributed by atoms with E-state index in [9.17, 15) is 14.7 Å². The van der Waals surface area contributed by atoms with Gasteiger partial charge in [-0.25, -0.2) is 9.59 Å². The number of carbonyl (C=O) groups excluding carboxylic acids is 1. The molecule has 1 aromatic carbocycles. The minimum atomic E-state index is -1.09. The second-order valence-electron chi connectivity index (χ2n) is 5.48. The van der Waals surface area contributed by atoms with E-state index in [1.807, 2.05) is 38.1 Å². The van der Waals surface area contributed by atoms with E-state index in [1.54, 1.807) is 0 Å². The van der Waals surface area contributed by atoms with Crippen molar-refractivity contribution in [1.82, 2.24) is 10.2 Å². The van der Waals surface area contributed by atoms with E-state index in [2.05, 4.69) is 5.32 Å². The summed E-state index contributed by atoms with van der Waals surface area (Å²) in [6, 6.07) is 6.10. The van der Waals surface area contributed by atoms with Crippen molar-refractivity contribution in [3.63, 3.8) is 0 Å². The van der Waals surface area contributed by atoms with Crippen molar-refractivity contribution in [2.24, 2.45) is 0 Å². The normalized spacial score (nSPS) is 22.9. The number of hydrogen-bond acceptors (Lipinski definition) is 3. The summed E-state index contributed by atoms with van der Waals surface area (Å²) in [6.07, 6.45) is -0.715. The third-order valence-corrected chi connectivity index (χ3v) is 3.74. The van der Waals surface area contributed by atoms with Gasteiger partial charge >= 0.3 is 12.0 Å². The van der Waals surface area contributed by atoms with Gasteiger partial charge in [0.05, 0.1) is 12.1 Å². The van der Waals surface area contributed by atoms with Crippen molar-refractivity contribution >= 4 is 12.0 Å². The number of carbonyl (C=O) groups is 2. The molecule has 6 nitrogen and oxygen atoms in total. The highest BCUT2D eigenvalue weighted by molar-refractivity contribution is 5.83. The Morgan fingerprint density at radius 2 is 1.95 bits per heavy atom. The van der Waals surface area contributed by atoms with E-state index in [1.165, 1.54) is 4.90 Å². The number of benzene rings is 1. The zero-order valence-electron chi connectivity index (χ0n) is 12.1. The number of aliphatic hydroxyl groups excluding tert-OH is 1. The van der Waals surface area contributed by atoms with Crippen LogP contribution in [0.4, 0.5) is 4.79 Å². The lowest BCUT2D eigenvalue weighted by Crippen LogP contribution is -2.46. The van der Waals surface area contributed by atoms with Gasteiger partial charge in [0, 0.05) is 13.0 Å². The summed E-state index contributed by atoms with van der Waals surface area (Å²) < 4.78 is 0. The Labute approximate surface area is 123 Å². The zero-order valence-corrected chi connectivity index (χ0v) is 12.1. The molecule has 0 aliphatic carbocycles. The Hall–Kier alpha value is -2.08. The molecule has 1 aromatic rings. The first-order chi connectivity index (χ1) is 9.88. The lowest BCUT2D eigenvalue weighted by Gasteiger charge is -2.24. The van der Waals surface area contributed by atoms with Crippen LogP contribution in [0.25, 0.3) is 0 Å². The Kier molecular flexibility index (Phi) is 4.47. The molecule has 114 valence electrons. The summed E-state index contributed by atoms with van der Waals surface area (Å²) >= 11 is 0. The van der Waals surface area contributed by atoms with Crippen LogP contribution in [0.1, 0.15) is 30.5 Å². The molecule has 3 N–H and O–H groups in total. The molecule has 0 spiro atoms. The topological polar surface area (TPSA) is 89.9 Å². The Morgan fingerprint density at radius 1 is 1.33 bits per heavy atom. The van der Waals surface area contributed by atoms with Crippen LogP contribution < -0.4 is 5.32 Å².